The molecule has 6 atom stereocenters. The number of halogens is 4. The zero-order valence-corrected chi connectivity index (χ0v) is 35.9. The second kappa shape index (κ2) is 18.1. The molecule has 8 rings (SSSR count). The van der Waals surface area contributed by atoms with Gasteiger partial charge in [-0.3, -0.25) is 0 Å². The molecule has 2 radical (unpaired) electrons. The van der Waals surface area contributed by atoms with E-state index >= 15 is 0 Å². The van der Waals surface area contributed by atoms with Gasteiger partial charge in [0.15, 0.2) is 0 Å². The maximum atomic E-state index is 4.93. The van der Waals surface area contributed by atoms with Gasteiger partial charge in [0.1, 0.15) is 0 Å². The summed E-state index contributed by atoms with van der Waals surface area (Å²) in [4.78, 5) is 0. The van der Waals surface area contributed by atoms with Crippen molar-refractivity contribution in [3.8, 4) is 0 Å². The first-order chi connectivity index (χ1) is 20.0. The molecule has 6 unspecified atom stereocenters. The summed E-state index contributed by atoms with van der Waals surface area (Å²) in [5.74, 6) is 8.02. The van der Waals surface area contributed by atoms with E-state index in [9.17, 15) is 0 Å². The van der Waals surface area contributed by atoms with Gasteiger partial charge in [-0.15, -0.1) is 0 Å². The Hall–Kier alpha value is 2.93. The average molecular weight is 819 g/mol. The molecule has 0 aromatic heterocycles. The van der Waals surface area contributed by atoms with Crippen LogP contribution in [0.5, 0.6) is 0 Å². The molecule has 4 bridgehead atoms. The Labute approximate surface area is 299 Å². The van der Waals surface area contributed by atoms with Crippen LogP contribution in [0.15, 0.2) is 0 Å². The van der Waals surface area contributed by atoms with E-state index in [0.717, 1.165) is 23.7 Å². The number of hydrogen-bond acceptors (Lipinski definition) is 0. The minimum absolute atomic E-state index is 0.581. The van der Waals surface area contributed by atoms with Gasteiger partial charge in [-0.2, -0.15) is 0 Å². The van der Waals surface area contributed by atoms with Crippen LogP contribution in [0.4, 0.5) is 0 Å². The monoisotopic (exact) mass is 814 g/mol. The molecule has 0 amide bonds. The molecule has 0 heterocycles. The second-order valence-corrected chi connectivity index (χ2v) is 23.6. The van der Waals surface area contributed by atoms with Gasteiger partial charge in [0.25, 0.3) is 0 Å². The van der Waals surface area contributed by atoms with Gasteiger partial charge in [-0.25, -0.2) is 0 Å². The van der Waals surface area contributed by atoms with Crippen molar-refractivity contribution in [2.24, 2.45) is 45.3 Å². The molecule has 0 aromatic rings. The topological polar surface area (TPSA) is 0 Å². The summed E-state index contributed by atoms with van der Waals surface area (Å²) < 4.78 is 0. The standard InChI is InChI=1S/C13H22.C13H20.2C5H10.4ClH.2Zr/c2*1-12(2)10-7-8-13(12,3)11-6-4-5-9(10)11;2*1-2-4-5-3-1;;;;;;/h9-11H,4-8H2,1-3H3;10H,4-8H2,1-3H3;2*1-5H2;4*1H;;/q;;;;;;;;2*+2/p-4. The van der Waals surface area contributed by atoms with Crippen LogP contribution >= 0.6 is 34.1 Å². The summed E-state index contributed by atoms with van der Waals surface area (Å²) in [5.41, 5.74) is 2.53. The van der Waals surface area contributed by atoms with E-state index in [1.54, 1.807) is 12.8 Å². The summed E-state index contributed by atoms with van der Waals surface area (Å²) >= 11 is -1.65. The van der Waals surface area contributed by atoms with Crippen LogP contribution in [0.1, 0.15) is 170 Å². The van der Waals surface area contributed by atoms with Gasteiger partial charge >= 0.3 is 75.7 Å². The summed E-state index contributed by atoms with van der Waals surface area (Å²) in [5, 5.41) is 0. The zero-order chi connectivity index (χ0) is 31.0. The Morgan fingerprint density at radius 1 is 0.524 bits per heavy atom. The quantitative estimate of drug-likeness (QED) is 0.228. The van der Waals surface area contributed by atoms with Gasteiger partial charge in [0.05, 0.1) is 0 Å². The summed E-state index contributed by atoms with van der Waals surface area (Å²) in [6, 6.07) is 0. The van der Waals surface area contributed by atoms with E-state index in [-0.39, 0.29) is 0 Å². The Bertz CT molecular complexity index is 699. The summed E-state index contributed by atoms with van der Waals surface area (Å²) in [6.07, 6.45) is 29.9. The van der Waals surface area contributed by atoms with E-state index < -0.39 is 41.7 Å². The fourth-order valence-corrected chi connectivity index (χ4v) is 11.4. The molecule has 6 heteroatoms. The predicted molar refractivity (Wildman–Crippen MR) is 180 cm³/mol. The molecule has 0 nitrogen and oxygen atoms in total. The fraction of sp³-hybridized carbons (Fsp3) is 0.944. The normalized spacial score (nSPS) is 39.1. The van der Waals surface area contributed by atoms with Crippen LogP contribution in [-0.2, 0) is 41.7 Å². The first-order valence-electron chi connectivity index (χ1n) is 17.6. The first-order valence-corrected chi connectivity index (χ1v) is 30.3. The van der Waals surface area contributed by atoms with Crippen LogP contribution in [0, 0.1) is 57.2 Å². The zero-order valence-electron chi connectivity index (χ0n) is 28.0. The molecule has 0 saturated heterocycles. The van der Waals surface area contributed by atoms with Gasteiger partial charge in [0, 0.05) is 0 Å². The maximum absolute atomic E-state index is 4.93. The van der Waals surface area contributed by atoms with E-state index in [1.165, 1.54) is 116 Å². The Balaban J connectivity index is 0.000000155. The summed E-state index contributed by atoms with van der Waals surface area (Å²) in [6.45, 7) is 15.2. The van der Waals surface area contributed by atoms with Crippen LogP contribution in [0.3, 0.4) is 0 Å². The Kier molecular flexibility index (Phi) is 16.9. The molecule has 8 fully saturated rings. The third-order valence-corrected chi connectivity index (χ3v) is 14.4. The second-order valence-electron chi connectivity index (χ2n) is 16.2. The van der Waals surface area contributed by atoms with E-state index in [1.807, 2.05) is 11.8 Å². The van der Waals surface area contributed by atoms with Crippen molar-refractivity contribution in [2.45, 2.75) is 170 Å². The molecule has 0 spiro atoms. The van der Waals surface area contributed by atoms with Gasteiger partial charge in [0.2, 0.25) is 0 Å². The van der Waals surface area contributed by atoms with Crippen molar-refractivity contribution in [1.29, 1.82) is 0 Å². The predicted octanol–water partition coefficient (Wildman–Crippen LogP) is 14.3. The molecular weight excluding hydrogens is 757 g/mol. The van der Waals surface area contributed by atoms with Gasteiger partial charge in [-0.05, 0) is 109 Å². The van der Waals surface area contributed by atoms with Crippen molar-refractivity contribution in [3.63, 3.8) is 0 Å². The van der Waals surface area contributed by atoms with Crippen LogP contribution in [0.2, 0.25) is 0 Å². The van der Waals surface area contributed by atoms with Crippen molar-refractivity contribution in [2.75, 3.05) is 0 Å². The number of rotatable bonds is 0. The van der Waals surface area contributed by atoms with Crippen molar-refractivity contribution in [3.05, 3.63) is 11.8 Å². The average Bonchev–Trinajstić information content (AvgIpc) is 3.79. The SMILES string of the molecule is C1CCCC1.C1CCCC1.CC1(C)C2CCC1(C)C1CCCC21.CC12CCC([C]3CCC[C]31)C2(C)C.[Cl][Zr][Cl].[Cl][Zr][Cl]. The fourth-order valence-electron chi connectivity index (χ4n) is 11.4. The van der Waals surface area contributed by atoms with Crippen molar-refractivity contribution in [1.82, 2.24) is 0 Å². The molecule has 242 valence electrons. The molecule has 8 aliphatic carbocycles. The molecule has 0 aliphatic heterocycles. The minimum atomic E-state index is -0.826. The summed E-state index contributed by atoms with van der Waals surface area (Å²) in [7, 11) is 19.7. The van der Waals surface area contributed by atoms with Crippen LogP contribution < -0.4 is 0 Å². The van der Waals surface area contributed by atoms with Gasteiger partial charge in [-0.1, -0.05) is 119 Å². The molecular formula is C36H62Cl4Zr2. The molecule has 8 saturated carbocycles. The van der Waals surface area contributed by atoms with Crippen molar-refractivity contribution >= 4 is 34.1 Å². The molecule has 0 N–H and O–H groups in total. The third-order valence-electron chi connectivity index (χ3n) is 14.4. The third kappa shape index (κ3) is 8.37. The van der Waals surface area contributed by atoms with E-state index in [2.05, 4.69) is 41.5 Å². The Morgan fingerprint density at radius 3 is 1.48 bits per heavy atom. The van der Waals surface area contributed by atoms with Crippen LogP contribution in [0.25, 0.3) is 0 Å². The number of hydrogen-bond donors (Lipinski definition) is 0. The Morgan fingerprint density at radius 2 is 1.02 bits per heavy atom. The molecule has 42 heavy (non-hydrogen) atoms. The molecule has 0 aromatic carbocycles. The van der Waals surface area contributed by atoms with Crippen molar-refractivity contribution < 1.29 is 41.7 Å². The van der Waals surface area contributed by atoms with Crippen LogP contribution in [-0.4, -0.2) is 0 Å². The van der Waals surface area contributed by atoms with E-state index in [4.69, 9.17) is 34.1 Å². The molecule has 8 aliphatic rings. The first kappa shape index (κ1) is 39.4. The number of fused-ring (bicyclic) bond motifs is 10. The van der Waals surface area contributed by atoms with Gasteiger partial charge < -0.3 is 0 Å². The van der Waals surface area contributed by atoms with E-state index in [0.29, 0.717) is 21.7 Å².